The SMILES string of the molecule is CC(C)(C)c1ccnc(-n2c3ccccc3c3ccc(Oc4cc(N(c5ccccc5)c5ccccc5)cc([N+]5=C=[N+](c6ccccc6-c6cc(F)cc(F)c6)c6ccccc65)c4)cc32)c1. The number of anilines is 3. The molecule has 0 unspecified atom stereocenters. The third-order valence-electron chi connectivity index (χ3n) is 12.0. The van der Waals surface area contributed by atoms with E-state index >= 15 is 0 Å². The smallest absolute Gasteiger partial charge is 0.457 e. The van der Waals surface area contributed by atoms with Gasteiger partial charge in [-0.2, -0.15) is 0 Å². The first-order chi connectivity index (χ1) is 32.2. The molecule has 0 radical (unpaired) electrons. The van der Waals surface area contributed by atoms with E-state index in [9.17, 15) is 8.78 Å². The average molecular weight is 864 g/mol. The quantitative estimate of drug-likeness (QED) is 0.136. The largest absolute Gasteiger partial charge is 0.503 e. The van der Waals surface area contributed by atoms with Gasteiger partial charge in [-0.1, -0.05) is 99.6 Å². The molecule has 8 heteroatoms. The van der Waals surface area contributed by atoms with Gasteiger partial charge in [0.25, 0.3) is 11.4 Å². The number of aromatic nitrogens is 2. The summed E-state index contributed by atoms with van der Waals surface area (Å²) in [5.74, 6) is 0.801. The maximum Gasteiger partial charge on any atom is 0.503 e. The number of rotatable bonds is 9. The minimum Gasteiger partial charge on any atom is -0.457 e. The van der Waals surface area contributed by atoms with Crippen LogP contribution in [-0.4, -0.2) is 15.6 Å². The molecule has 10 aromatic rings. The van der Waals surface area contributed by atoms with Gasteiger partial charge in [0.05, 0.1) is 28.4 Å². The maximum absolute atomic E-state index is 14.7. The highest BCUT2D eigenvalue weighted by Crippen LogP contribution is 2.44. The van der Waals surface area contributed by atoms with Crippen LogP contribution in [0.15, 0.2) is 206 Å². The van der Waals surface area contributed by atoms with E-state index in [1.807, 2.05) is 112 Å². The highest BCUT2D eigenvalue weighted by molar-refractivity contribution is 6.09. The normalized spacial score (nSPS) is 12.3. The fraction of sp³-hybridized carbons (Fsp3) is 0.0690. The molecule has 3 heterocycles. The van der Waals surface area contributed by atoms with Gasteiger partial charge in [0.2, 0.25) is 11.4 Å². The van der Waals surface area contributed by atoms with Gasteiger partial charge in [-0.15, -0.1) is 0 Å². The van der Waals surface area contributed by atoms with Crippen LogP contribution in [0.5, 0.6) is 11.5 Å². The Hall–Kier alpha value is -8.45. The molecule has 0 atom stereocenters. The summed E-state index contributed by atoms with van der Waals surface area (Å²) in [7, 11) is 0. The van der Waals surface area contributed by atoms with Crippen molar-refractivity contribution in [3.63, 3.8) is 0 Å². The molecule has 6 nitrogen and oxygen atoms in total. The van der Waals surface area contributed by atoms with Crippen molar-refractivity contribution in [1.29, 1.82) is 0 Å². The Bertz CT molecular complexity index is 3510. The van der Waals surface area contributed by atoms with Gasteiger partial charge in [-0.05, 0) is 98.5 Å². The molecular formula is C58H43F2N5O+2. The van der Waals surface area contributed by atoms with Crippen molar-refractivity contribution < 1.29 is 13.5 Å². The van der Waals surface area contributed by atoms with Crippen LogP contribution in [0, 0.1) is 11.6 Å². The summed E-state index contributed by atoms with van der Waals surface area (Å²) in [6.07, 6.45) is 1.89. The topological polar surface area (TPSA) is 36.3 Å². The van der Waals surface area contributed by atoms with Gasteiger partial charge >= 0.3 is 6.01 Å². The van der Waals surface area contributed by atoms with Gasteiger partial charge in [-0.3, -0.25) is 4.57 Å². The third-order valence-corrected chi connectivity index (χ3v) is 12.0. The molecule has 8 aromatic carbocycles. The fourth-order valence-electron chi connectivity index (χ4n) is 8.94. The second-order valence-electron chi connectivity index (χ2n) is 17.4. The van der Waals surface area contributed by atoms with E-state index in [0.717, 1.165) is 67.8 Å². The molecule has 318 valence electrons. The number of fused-ring (bicyclic) bond motifs is 4. The van der Waals surface area contributed by atoms with Gasteiger partial charge in [0.15, 0.2) is 0 Å². The molecule has 1 aliphatic rings. The summed E-state index contributed by atoms with van der Waals surface area (Å²) < 4.78 is 42.5. The van der Waals surface area contributed by atoms with Gasteiger partial charge in [0, 0.05) is 70.8 Å². The highest BCUT2D eigenvalue weighted by Gasteiger charge is 2.38. The Morgan fingerprint density at radius 2 is 1.15 bits per heavy atom. The minimum absolute atomic E-state index is 0.0628. The predicted octanol–water partition coefficient (Wildman–Crippen LogP) is 15.5. The minimum atomic E-state index is -0.644. The number of halogens is 2. The van der Waals surface area contributed by atoms with E-state index in [1.165, 1.54) is 17.7 Å². The molecule has 11 rings (SSSR count). The Morgan fingerprint density at radius 3 is 1.86 bits per heavy atom. The van der Waals surface area contributed by atoms with E-state index in [1.54, 1.807) is 0 Å². The number of pyridine rings is 1. The van der Waals surface area contributed by atoms with Crippen molar-refractivity contribution in [2.75, 3.05) is 4.90 Å². The summed E-state index contributed by atoms with van der Waals surface area (Å²) >= 11 is 0. The van der Waals surface area contributed by atoms with Crippen LogP contribution in [0.4, 0.5) is 48.6 Å². The van der Waals surface area contributed by atoms with E-state index in [-0.39, 0.29) is 5.41 Å². The summed E-state index contributed by atoms with van der Waals surface area (Å²) in [6, 6.07) is 68.5. The molecule has 0 bridgehead atoms. The first-order valence-electron chi connectivity index (χ1n) is 21.9. The van der Waals surface area contributed by atoms with Crippen LogP contribution in [0.25, 0.3) is 38.8 Å². The van der Waals surface area contributed by atoms with E-state index in [4.69, 9.17) is 9.72 Å². The number of benzene rings is 8. The van der Waals surface area contributed by atoms with Crippen LogP contribution in [0.3, 0.4) is 0 Å². The molecule has 0 amide bonds. The molecule has 66 heavy (non-hydrogen) atoms. The molecule has 1 aliphatic heterocycles. The molecular weight excluding hydrogens is 821 g/mol. The fourth-order valence-corrected chi connectivity index (χ4v) is 8.94. The Balaban J connectivity index is 1.12. The predicted molar refractivity (Wildman–Crippen MR) is 265 cm³/mol. The lowest BCUT2D eigenvalue weighted by atomic mass is 9.88. The second kappa shape index (κ2) is 16.3. The summed E-state index contributed by atoms with van der Waals surface area (Å²) in [6.45, 7) is 6.64. The number of nitrogens with zero attached hydrogens (tertiary/aromatic N) is 5. The monoisotopic (exact) mass is 863 g/mol. The number of ether oxygens (including phenoxy) is 1. The van der Waals surface area contributed by atoms with Crippen LogP contribution < -0.4 is 18.8 Å². The standard InChI is InChI=1S/C58H43F2N5O/c1-58(2,3)40-28-29-61-57(32-40)65-53-23-13-11-21-50(53)51-27-26-47(37-56(51)65)66-48-35-45(34-46(36-48)64(43-16-6-4-7-17-43)44-18-8-5-9-19-44)62-38-63(55-25-15-14-24-54(55)62)52-22-12-10-20-49(52)39-30-41(59)33-42(60)31-39/h4-37H,1-3H3/q+2. The molecule has 0 fully saturated rings. The maximum atomic E-state index is 14.7. The zero-order valence-electron chi connectivity index (χ0n) is 36.5. The summed E-state index contributed by atoms with van der Waals surface area (Å²) in [5.41, 5.74) is 10.2. The average Bonchev–Trinajstić information content (AvgIpc) is 3.88. The van der Waals surface area contributed by atoms with Crippen LogP contribution >= 0.6 is 0 Å². The van der Waals surface area contributed by atoms with Gasteiger partial charge in [-0.25, -0.2) is 13.8 Å². The van der Waals surface area contributed by atoms with Crippen molar-refractivity contribution in [1.82, 2.24) is 18.7 Å². The Morgan fingerprint density at radius 1 is 0.530 bits per heavy atom. The van der Waals surface area contributed by atoms with Crippen molar-refractivity contribution in [2.24, 2.45) is 0 Å². The van der Waals surface area contributed by atoms with Crippen molar-refractivity contribution in [2.45, 2.75) is 26.2 Å². The van der Waals surface area contributed by atoms with E-state index in [2.05, 4.69) is 121 Å². The first kappa shape index (κ1) is 40.3. The number of hydrogen-bond donors (Lipinski definition) is 0. The Labute approximate surface area is 381 Å². The second-order valence-corrected chi connectivity index (χ2v) is 17.4. The lowest BCUT2D eigenvalue weighted by Gasteiger charge is -2.25. The number of para-hydroxylation sites is 6. The third kappa shape index (κ3) is 7.39. The summed E-state index contributed by atoms with van der Waals surface area (Å²) in [5, 5.41) is 2.22. The lowest BCUT2D eigenvalue weighted by Crippen LogP contribution is -2.12. The van der Waals surface area contributed by atoms with Crippen molar-refractivity contribution >= 4 is 67.6 Å². The molecule has 2 aromatic heterocycles. The molecule has 0 spiro atoms. The highest BCUT2D eigenvalue weighted by atomic mass is 19.1. The van der Waals surface area contributed by atoms with Crippen LogP contribution in [0.1, 0.15) is 26.3 Å². The lowest BCUT2D eigenvalue weighted by molar-refractivity contribution is 0.483. The molecule has 0 N–H and O–H groups in total. The van der Waals surface area contributed by atoms with Gasteiger partial charge in [0.1, 0.15) is 29.0 Å². The summed E-state index contributed by atoms with van der Waals surface area (Å²) in [4.78, 5) is 7.10. The van der Waals surface area contributed by atoms with Crippen molar-refractivity contribution in [3.05, 3.63) is 224 Å². The first-order valence-corrected chi connectivity index (χ1v) is 21.9. The zero-order valence-corrected chi connectivity index (χ0v) is 36.5. The number of hydrogen-bond acceptors (Lipinski definition) is 3. The molecule has 0 saturated carbocycles. The Kier molecular flexibility index (Phi) is 9.95. The van der Waals surface area contributed by atoms with Crippen LogP contribution in [-0.2, 0) is 5.41 Å². The van der Waals surface area contributed by atoms with E-state index in [0.29, 0.717) is 28.3 Å². The van der Waals surface area contributed by atoms with Gasteiger partial charge < -0.3 is 9.64 Å². The molecule has 0 saturated heterocycles. The van der Waals surface area contributed by atoms with Crippen LogP contribution in [0.2, 0.25) is 0 Å². The van der Waals surface area contributed by atoms with Crippen molar-refractivity contribution in [3.8, 4) is 28.4 Å². The molecule has 0 aliphatic carbocycles. The zero-order chi connectivity index (χ0) is 44.9. The van der Waals surface area contributed by atoms with E-state index < -0.39 is 11.6 Å².